The minimum atomic E-state index is 0.699. The fourth-order valence-electron chi connectivity index (χ4n) is 2.68. The standard InChI is InChI=1S/C15H23N/c1-11-4-5-14(8-12(11)2)10-15-6-7-16-13(3)9-15/h4-5,8,13,15-16H,6-7,9-10H2,1-3H3. The van der Waals surface area contributed by atoms with E-state index in [4.69, 9.17) is 0 Å². The summed E-state index contributed by atoms with van der Waals surface area (Å²) in [5, 5.41) is 3.52. The first-order chi connectivity index (χ1) is 7.65. The summed E-state index contributed by atoms with van der Waals surface area (Å²) in [6, 6.07) is 7.62. The molecule has 1 aromatic rings. The minimum absolute atomic E-state index is 0.699. The van der Waals surface area contributed by atoms with Gasteiger partial charge in [0.05, 0.1) is 0 Å². The Hall–Kier alpha value is -0.820. The van der Waals surface area contributed by atoms with E-state index in [0.717, 1.165) is 5.92 Å². The molecule has 1 saturated heterocycles. The summed E-state index contributed by atoms with van der Waals surface area (Å²) in [7, 11) is 0. The maximum Gasteiger partial charge on any atom is 0.00414 e. The summed E-state index contributed by atoms with van der Waals surface area (Å²) in [6.45, 7) is 7.89. The number of nitrogens with one attached hydrogen (secondary N) is 1. The molecule has 1 aliphatic rings. The SMILES string of the molecule is Cc1ccc(CC2CCNC(C)C2)cc1C. The number of aryl methyl sites for hydroxylation is 2. The van der Waals surface area contributed by atoms with Crippen molar-refractivity contribution >= 4 is 0 Å². The monoisotopic (exact) mass is 217 g/mol. The van der Waals surface area contributed by atoms with Gasteiger partial charge in [0.25, 0.3) is 0 Å². The van der Waals surface area contributed by atoms with Gasteiger partial charge >= 0.3 is 0 Å². The third-order valence-electron chi connectivity index (χ3n) is 3.83. The number of hydrogen-bond donors (Lipinski definition) is 1. The molecule has 0 aromatic heterocycles. The molecule has 1 aromatic carbocycles. The summed E-state index contributed by atoms with van der Waals surface area (Å²) in [5.74, 6) is 0.873. The van der Waals surface area contributed by atoms with Crippen LogP contribution in [0.15, 0.2) is 18.2 Å². The van der Waals surface area contributed by atoms with Crippen LogP contribution in [0.25, 0.3) is 0 Å². The van der Waals surface area contributed by atoms with Gasteiger partial charge in [0, 0.05) is 6.04 Å². The average molecular weight is 217 g/mol. The van der Waals surface area contributed by atoms with Crippen LogP contribution >= 0.6 is 0 Å². The van der Waals surface area contributed by atoms with E-state index in [1.54, 1.807) is 0 Å². The van der Waals surface area contributed by atoms with Crippen molar-refractivity contribution in [3.63, 3.8) is 0 Å². The molecule has 2 atom stereocenters. The molecule has 88 valence electrons. The lowest BCUT2D eigenvalue weighted by Crippen LogP contribution is -2.36. The van der Waals surface area contributed by atoms with Crippen molar-refractivity contribution in [1.29, 1.82) is 0 Å². The molecule has 1 heterocycles. The van der Waals surface area contributed by atoms with Gasteiger partial charge in [-0.1, -0.05) is 18.2 Å². The molecular formula is C15H23N. The van der Waals surface area contributed by atoms with E-state index < -0.39 is 0 Å². The summed E-state index contributed by atoms with van der Waals surface area (Å²) in [5.41, 5.74) is 4.35. The van der Waals surface area contributed by atoms with Crippen molar-refractivity contribution in [1.82, 2.24) is 5.32 Å². The number of rotatable bonds is 2. The Morgan fingerprint density at radius 2 is 2.06 bits per heavy atom. The van der Waals surface area contributed by atoms with Crippen molar-refractivity contribution in [2.24, 2.45) is 5.92 Å². The van der Waals surface area contributed by atoms with E-state index in [1.165, 1.54) is 42.5 Å². The Morgan fingerprint density at radius 1 is 1.25 bits per heavy atom. The van der Waals surface area contributed by atoms with Crippen molar-refractivity contribution in [2.75, 3.05) is 6.54 Å². The zero-order chi connectivity index (χ0) is 11.5. The zero-order valence-electron chi connectivity index (χ0n) is 10.7. The lowest BCUT2D eigenvalue weighted by molar-refractivity contribution is 0.314. The van der Waals surface area contributed by atoms with E-state index in [9.17, 15) is 0 Å². The maximum absolute atomic E-state index is 3.52. The third-order valence-corrected chi connectivity index (χ3v) is 3.83. The highest BCUT2D eigenvalue weighted by Crippen LogP contribution is 2.22. The molecule has 0 amide bonds. The summed E-state index contributed by atoms with van der Waals surface area (Å²) in [6.07, 6.45) is 3.91. The molecule has 1 N–H and O–H groups in total. The quantitative estimate of drug-likeness (QED) is 0.802. The first-order valence-electron chi connectivity index (χ1n) is 6.44. The molecule has 0 saturated carbocycles. The number of piperidine rings is 1. The molecule has 1 heteroatoms. The molecule has 2 unspecified atom stereocenters. The Bertz CT molecular complexity index is 356. The molecule has 2 rings (SSSR count). The van der Waals surface area contributed by atoms with Crippen LogP contribution in [0, 0.1) is 19.8 Å². The summed E-state index contributed by atoms with van der Waals surface area (Å²) in [4.78, 5) is 0. The van der Waals surface area contributed by atoms with Crippen molar-refractivity contribution < 1.29 is 0 Å². The summed E-state index contributed by atoms with van der Waals surface area (Å²) < 4.78 is 0. The number of benzene rings is 1. The minimum Gasteiger partial charge on any atom is -0.314 e. The van der Waals surface area contributed by atoms with Crippen molar-refractivity contribution in [3.8, 4) is 0 Å². The molecule has 1 nitrogen and oxygen atoms in total. The van der Waals surface area contributed by atoms with Gasteiger partial charge in [-0.2, -0.15) is 0 Å². The predicted molar refractivity (Wildman–Crippen MR) is 69.8 cm³/mol. The molecule has 16 heavy (non-hydrogen) atoms. The molecule has 0 bridgehead atoms. The van der Waals surface area contributed by atoms with E-state index in [1.807, 2.05) is 0 Å². The van der Waals surface area contributed by atoms with E-state index in [0.29, 0.717) is 6.04 Å². The Morgan fingerprint density at radius 3 is 2.75 bits per heavy atom. The van der Waals surface area contributed by atoms with Gasteiger partial charge in [0.15, 0.2) is 0 Å². The Labute approximate surface area is 99.3 Å². The first kappa shape index (κ1) is 11.7. The van der Waals surface area contributed by atoms with Gasteiger partial charge in [-0.25, -0.2) is 0 Å². The van der Waals surface area contributed by atoms with Crippen LogP contribution in [-0.4, -0.2) is 12.6 Å². The van der Waals surface area contributed by atoms with Gasteiger partial charge in [-0.05, 0) is 69.2 Å². The second-order valence-electron chi connectivity index (χ2n) is 5.37. The second-order valence-corrected chi connectivity index (χ2v) is 5.37. The average Bonchev–Trinajstić information content (AvgIpc) is 2.24. The van der Waals surface area contributed by atoms with Crippen LogP contribution < -0.4 is 5.32 Å². The fourth-order valence-corrected chi connectivity index (χ4v) is 2.68. The van der Waals surface area contributed by atoms with Gasteiger partial charge in [-0.15, -0.1) is 0 Å². The third kappa shape index (κ3) is 2.85. The van der Waals surface area contributed by atoms with E-state index in [-0.39, 0.29) is 0 Å². The van der Waals surface area contributed by atoms with Gasteiger partial charge in [-0.3, -0.25) is 0 Å². The highest BCUT2D eigenvalue weighted by atomic mass is 14.9. The summed E-state index contributed by atoms with van der Waals surface area (Å²) >= 11 is 0. The van der Waals surface area contributed by atoms with Crippen LogP contribution in [0.1, 0.15) is 36.5 Å². The molecule has 1 aliphatic heterocycles. The topological polar surface area (TPSA) is 12.0 Å². The second kappa shape index (κ2) is 5.01. The maximum atomic E-state index is 3.52. The molecule has 1 fully saturated rings. The van der Waals surface area contributed by atoms with Crippen LogP contribution in [0.2, 0.25) is 0 Å². The molecular weight excluding hydrogens is 194 g/mol. The Balaban J connectivity index is 2.00. The van der Waals surface area contributed by atoms with Crippen LogP contribution in [-0.2, 0) is 6.42 Å². The predicted octanol–water partition coefficient (Wildman–Crippen LogP) is 3.23. The van der Waals surface area contributed by atoms with Crippen LogP contribution in [0.5, 0.6) is 0 Å². The Kier molecular flexibility index (Phi) is 3.65. The van der Waals surface area contributed by atoms with Crippen molar-refractivity contribution in [3.05, 3.63) is 34.9 Å². The van der Waals surface area contributed by atoms with E-state index in [2.05, 4.69) is 44.3 Å². The molecule has 0 spiro atoms. The van der Waals surface area contributed by atoms with E-state index >= 15 is 0 Å². The van der Waals surface area contributed by atoms with Gasteiger partial charge < -0.3 is 5.32 Å². The first-order valence-corrected chi connectivity index (χ1v) is 6.44. The lowest BCUT2D eigenvalue weighted by Gasteiger charge is -2.28. The van der Waals surface area contributed by atoms with Crippen LogP contribution in [0.4, 0.5) is 0 Å². The molecule has 0 radical (unpaired) electrons. The highest BCUT2D eigenvalue weighted by Gasteiger charge is 2.18. The van der Waals surface area contributed by atoms with Gasteiger partial charge in [0.1, 0.15) is 0 Å². The largest absolute Gasteiger partial charge is 0.314 e. The zero-order valence-corrected chi connectivity index (χ0v) is 10.7. The number of hydrogen-bond acceptors (Lipinski definition) is 1. The smallest absolute Gasteiger partial charge is 0.00414 e. The van der Waals surface area contributed by atoms with Crippen molar-refractivity contribution in [2.45, 2.75) is 46.1 Å². The fraction of sp³-hybridized carbons (Fsp3) is 0.600. The highest BCUT2D eigenvalue weighted by molar-refractivity contribution is 5.30. The van der Waals surface area contributed by atoms with Gasteiger partial charge in [0.2, 0.25) is 0 Å². The van der Waals surface area contributed by atoms with Crippen LogP contribution in [0.3, 0.4) is 0 Å². The lowest BCUT2D eigenvalue weighted by atomic mass is 9.87. The molecule has 0 aliphatic carbocycles. The normalized spacial score (nSPS) is 25.7.